The summed E-state index contributed by atoms with van der Waals surface area (Å²) in [5, 5.41) is 11.7. The van der Waals surface area contributed by atoms with Crippen LogP contribution in [-0.4, -0.2) is 71.1 Å². The molecule has 0 saturated carbocycles. The van der Waals surface area contributed by atoms with Crippen molar-refractivity contribution in [3.63, 3.8) is 0 Å². The zero-order chi connectivity index (χ0) is 26.8. The van der Waals surface area contributed by atoms with Crippen LogP contribution in [0, 0.1) is 5.82 Å². The van der Waals surface area contributed by atoms with Crippen molar-refractivity contribution in [2.75, 3.05) is 37.7 Å². The highest BCUT2D eigenvalue weighted by molar-refractivity contribution is 6.33. The van der Waals surface area contributed by atoms with Crippen LogP contribution >= 0.6 is 11.6 Å². The summed E-state index contributed by atoms with van der Waals surface area (Å²) in [6.07, 6.45) is 10.8. The van der Waals surface area contributed by atoms with Crippen molar-refractivity contribution in [2.45, 2.75) is 56.0 Å². The molecule has 1 unspecified atom stereocenters. The fourth-order valence-electron chi connectivity index (χ4n) is 6.97. The van der Waals surface area contributed by atoms with Gasteiger partial charge in [-0.15, -0.1) is 0 Å². The summed E-state index contributed by atoms with van der Waals surface area (Å²) in [4.78, 5) is 18.6. The van der Waals surface area contributed by atoms with Crippen molar-refractivity contribution in [3.05, 3.63) is 58.1 Å². The summed E-state index contributed by atoms with van der Waals surface area (Å²) in [5.41, 5.74) is -0.379. The third kappa shape index (κ3) is 4.12. The molecule has 1 N–H and O–H groups in total. The van der Waals surface area contributed by atoms with Crippen molar-refractivity contribution in [1.29, 1.82) is 0 Å². The Morgan fingerprint density at radius 1 is 1.05 bits per heavy atom. The van der Waals surface area contributed by atoms with Crippen LogP contribution in [0.2, 0.25) is 5.02 Å². The van der Waals surface area contributed by atoms with E-state index in [4.69, 9.17) is 29.2 Å². The first kappa shape index (κ1) is 25.2. The Balaban J connectivity index is 1.33. The number of hydrogen-bond acceptors (Lipinski definition) is 7. The van der Waals surface area contributed by atoms with Crippen LogP contribution in [-0.2, 0) is 5.50 Å². The number of pyridine rings is 1. The fraction of sp³-hybridized carbons (Fsp3) is 0.483. The van der Waals surface area contributed by atoms with Crippen molar-refractivity contribution in [2.24, 2.45) is 0 Å². The highest BCUT2D eigenvalue weighted by atomic mass is 35.5. The minimum atomic E-state index is -1.79. The number of fused-ring (bicyclic) bond motifs is 3. The second-order valence-corrected chi connectivity index (χ2v) is 11.7. The first-order valence-electron chi connectivity index (χ1n) is 13.9. The second-order valence-electron chi connectivity index (χ2n) is 11.3. The molecule has 0 bridgehead atoms. The van der Waals surface area contributed by atoms with Crippen LogP contribution in [0.25, 0.3) is 16.5 Å². The average Bonchev–Trinajstić information content (AvgIpc) is 3.59. The summed E-state index contributed by atoms with van der Waals surface area (Å²) >= 11 is 6.50. The maximum atomic E-state index is 16.4. The predicted molar refractivity (Wildman–Crippen MR) is 150 cm³/mol. The van der Waals surface area contributed by atoms with Crippen LogP contribution in [0.1, 0.15) is 61.8 Å². The zero-order valence-corrected chi connectivity index (χ0v) is 22.6. The van der Waals surface area contributed by atoms with Crippen molar-refractivity contribution < 1.29 is 14.2 Å². The molecule has 7 rings (SSSR count). The van der Waals surface area contributed by atoms with Gasteiger partial charge in [-0.1, -0.05) is 23.7 Å². The predicted octanol–water partition coefficient (Wildman–Crippen LogP) is 4.57. The number of rotatable bonds is 5. The minimum absolute atomic E-state index is 0.0201. The van der Waals surface area contributed by atoms with Crippen LogP contribution in [0.5, 0.6) is 6.01 Å². The second kappa shape index (κ2) is 9.42. The van der Waals surface area contributed by atoms with Gasteiger partial charge in [-0.05, 0) is 75.7 Å². The molecule has 0 amide bonds. The minimum Gasteiger partial charge on any atom is -0.461 e. The van der Waals surface area contributed by atoms with Crippen molar-refractivity contribution in [3.8, 4) is 6.01 Å². The molecular weight excluding hydrogens is 516 g/mol. The molecule has 2 radical (unpaired) electrons. The first-order valence-corrected chi connectivity index (χ1v) is 14.3. The monoisotopic (exact) mass is 545 g/mol. The highest BCUT2D eigenvalue weighted by Gasteiger charge is 2.45. The molecule has 200 valence electrons. The maximum absolute atomic E-state index is 16.4. The normalized spacial score (nSPS) is 24.2. The Hall–Kier alpha value is -2.75. The topological polar surface area (TPSA) is 74.6 Å². The standard InChI is InChI=1S/C29H30BClFN5O2/c30-29(38)15-18(22-20(29)7-4-8-21(22)31)24-23(32)25-19(16-33-24)26(36-11-2-1-3-12-36)35-27(34-25)39-17-28-9-5-13-37(28)14-6-10-28/h4,7-8,15-16,38H,1-3,5-6,9-14,17H2. The SMILES string of the molecule is [B]C1(O)C=C(c2ncc3c(N4CCCCC4)nc(OCC45CCCN4CCC5)nc3c2F)c2c(Cl)cccc21. The van der Waals surface area contributed by atoms with Gasteiger partial charge < -0.3 is 14.7 Å². The molecule has 1 atom stereocenters. The smallest absolute Gasteiger partial charge is 0.319 e. The molecule has 10 heteroatoms. The van der Waals surface area contributed by atoms with Gasteiger partial charge in [-0.2, -0.15) is 9.97 Å². The number of anilines is 1. The fourth-order valence-corrected chi connectivity index (χ4v) is 7.25. The van der Waals surface area contributed by atoms with Gasteiger partial charge in [0.15, 0.2) is 5.82 Å². The number of halogens is 2. The zero-order valence-electron chi connectivity index (χ0n) is 21.8. The molecule has 3 aromatic rings. The van der Waals surface area contributed by atoms with Crippen LogP contribution in [0.15, 0.2) is 30.5 Å². The number of benzene rings is 1. The Morgan fingerprint density at radius 3 is 2.59 bits per heavy atom. The lowest BCUT2D eigenvalue weighted by Gasteiger charge is -2.32. The largest absolute Gasteiger partial charge is 0.461 e. The van der Waals surface area contributed by atoms with Crippen LogP contribution < -0.4 is 9.64 Å². The van der Waals surface area contributed by atoms with E-state index in [1.54, 1.807) is 24.4 Å². The van der Waals surface area contributed by atoms with E-state index in [0.717, 1.165) is 71.1 Å². The summed E-state index contributed by atoms with van der Waals surface area (Å²) in [6.45, 7) is 4.35. The van der Waals surface area contributed by atoms with Gasteiger partial charge in [-0.25, -0.2) is 4.39 Å². The lowest BCUT2D eigenvalue weighted by atomic mass is 9.78. The van der Waals surface area contributed by atoms with Gasteiger partial charge in [0, 0.05) is 35.4 Å². The van der Waals surface area contributed by atoms with Gasteiger partial charge in [0.25, 0.3) is 0 Å². The van der Waals surface area contributed by atoms with Gasteiger partial charge in [0.2, 0.25) is 0 Å². The van der Waals surface area contributed by atoms with E-state index in [1.807, 2.05) is 0 Å². The Labute approximate surface area is 233 Å². The summed E-state index contributed by atoms with van der Waals surface area (Å²) in [5.74, 6) is 0.0309. The molecule has 5 heterocycles. The van der Waals surface area contributed by atoms with Crippen LogP contribution in [0.3, 0.4) is 0 Å². The molecular formula is C29H30BClFN5O2. The molecule has 4 aliphatic rings. The molecule has 2 aromatic heterocycles. The highest BCUT2D eigenvalue weighted by Crippen LogP contribution is 2.45. The molecule has 0 spiro atoms. The number of ether oxygens (including phenoxy) is 1. The maximum Gasteiger partial charge on any atom is 0.319 e. The summed E-state index contributed by atoms with van der Waals surface area (Å²) in [6, 6.07) is 5.26. The molecule has 7 nitrogen and oxygen atoms in total. The van der Waals surface area contributed by atoms with Gasteiger partial charge in [0.1, 0.15) is 31.5 Å². The Morgan fingerprint density at radius 2 is 1.82 bits per heavy atom. The lowest BCUT2D eigenvalue weighted by Crippen LogP contribution is -2.43. The average molecular weight is 546 g/mol. The molecule has 3 saturated heterocycles. The Kier molecular flexibility index (Phi) is 6.10. The summed E-state index contributed by atoms with van der Waals surface area (Å²) < 4.78 is 22.7. The van der Waals surface area contributed by atoms with E-state index >= 15 is 4.39 Å². The molecule has 1 aliphatic carbocycles. The first-order chi connectivity index (χ1) is 18.9. The molecule has 39 heavy (non-hydrogen) atoms. The van der Waals surface area contributed by atoms with E-state index < -0.39 is 11.3 Å². The number of nitrogens with zero attached hydrogens (tertiary/aromatic N) is 5. The third-order valence-electron chi connectivity index (χ3n) is 8.91. The lowest BCUT2D eigenvalue weighted by molar-refractivity contribution is 0.108. The number of piperidine rings is 1. The van der Waals surface area contributed by atoms with Crippen LogP contribution in [0.4, 0.5) is 10.2 Å². The molecule has 3 fully saturated rings. The quantitative estimate of drug-likeness (QED) is 0.471. The van der Waals surface area contributed by atoms with E-state index in [2.05, 4.69) is 19.8 Å². The van der Waals surface area contributed by atoms with Crippen molar-refractivity contribution in [1.82, 2.24) is 19.9 Å². The van der Waals surface area contributed by atoms with E-state index in [-0.39, 0.29) is 22.8 Å². The van der Waals surface area contributed by atoms with Gasteiger partial charge >= 0.3 is 6.01 Å². The molecule has 1 aromatic carbocycles. The number of aromatic nitrogens is 3. The van der Waals surface area contributed by atoms with E-state index in [0.29, 0.717) is 39.5 Å². The van der Waals surface area contributed by atoms with E-state index in [9.17, 15) is 5.11 Å². The van der Waals surface area contributed by atoms with Gasteiger partial charge in [-0.3, -0.25) is 9.88 Å². The number of hydrogen-bond donors (Lipinski definition) is 1. The number of aliphatic hydroxyl groups is 1. The third-order valence-corrected chi connectivity index (χ3v) is 9.23. The van der Waals surface area contributed by atoms with Gasteiger partial charge in [0.05, 0.1) is 16.4 Å². The Bertz CT molecular complexity index is 1480. The molecule has 3 aliphatic heterocycles. The van der Waals surface area contributed by atoms with Crippen molar-refractivity contribution >= 4 is 41.7 Å². The summed E-state index contributed by atoms with van der Waals surface area (Å²) in [7, 11) is 6.15. The van der Waals surface area contributed by atoms with E-state index in [1.165, 1.54) is 6.08 Å².